The number of morpholine rings is 1. The Morgan fingerprint density at radius 2 is 2.20 bits per heavy atom. The van der Waals surface area contributed by atoms with E-state index in [1.807, 2.05) is 30.0 Å². The second kappa shape index (κ2) is 4.94. The van der Waals surface area contributed by atoms with Crippen LogP contribution in [-0.4, -0.2) is 41.6 Å². The zero-order valence-electron chi connectivity index (χ0n) is 12.2. The molecule has 1 unspecified atom stereocenters. The quantitative estimate of drug-likeness (QED) is 0.867. The van der Waals surface area contributed by atoms with Crippen LogP contribution in [0.25, 0.3) is 10.9 Å². The minimum Gasteiger partial charge on any atom is -0.377 e. The minimum atomic E-state index is 0.0981. The Hall–Kier alpha value is -1.81. The van der Waals surface area contributed by atoms with Gasteiger partial charge in [-0.3, -0.25) is 4.79 Å². The van der Waals surface area contributed by atoms with Gasteiger partial charge in [-0.05, 0) is 44.5 Å². The fraction of sp³-hybridized carbons (Fsp3) is 0.438. The van der Waals surface area contributed by atoms with Crippen molar-refractivity contribution in [3.8, 4) is 0 Å². The molecule has 2 heterocycles. The van der Waals surface area contributed by atoms with Gasteiger partial charge in [-0.2, -0.15) is 0 Å². The van der Waals surface area contributed by atoms with Crippen LogP contribution in [0, 0.1) is 13.8 Å². The SMILES string of the molecule is Cc1[nH]c2ccc(C(=O)N3CCOCC3C)cc2c1C. The van der Waals surface area contributed by atoms with Gasteiger partial charge in [0.1, 0.15) is 0 Å². The third-order valence-corrected chi connectivity index (χ3v) is 4.18. The standard InChI is InChI=1S/C16H20N2O2/c1-10-9-20-7-6-18(10)16(19)13-4-5-15-14(8-13)11(2)12(3)17-15/h4-5,8,10,17H,6-7,9H2,1-3H3. The van der Waals surface area contributed by atoms with Crippen LogP contribution in [0.3, 0.4) is 0 Å². The minimum absolute atomic E-state index is 0.0981. The second-order valence-corrected chi connectivity index (χ2v) is 5.56. The van der Waals surface area contributed by atoms with Gasteiger partial charge in [0, 0.05) is 28.7 Å². The van der Waals surface area contributed by atoms with Crippen LogP contribution in [0.2, 0.25) is 0 Å². The molecule has 4 nitrogen and oxygen atoms in total. The molecule has 1 aliphatic heterocycles. The van der Waals surface area contributed by atoms with Crippen LogP contribution in [0.15, 0.2) is 18.2 Å². The van der Waals surface area contributed by atoms with Gasteiger partial charge in [0.05, 0.1) is 19.3 Å². The number of aryl methyl sites for hydroxylation is 2. The van der Waals surface area contributed by atoms with E-state index in [1.54, 1.807) is 0 Å². The monoisotopic (exact) mass is 272 g/mol. The molecule has 1 aromatic carbocycles. The number of nitrogens with zero attached hydrogens (tertiary/aromatic N) is 1. The van der Waals surface area contributed by atoms with Gasteiger partial charge >= 0.3 is 0 Å². The highest BCUT2D eigenvalue weighted by Crippen LogP contribution is 2.23. The van der Waals surface area contributed by atoms with Crippen molar-refractivity contribution in [3.05, 3.63) is 35.0 Å². The Bertz CT molecular complexity index is 660. The molecule has 0 spiro atoms. The number of nitrogens with one attached hydrogen (secondary N) is 1. The molecule has 0 aliphatic carbocycles. The van der Waals surface area contributed by atoms with E-state index in [0.29, 0.717) is 19.8 Å². The Kier molecular flexibility index (Phi) is 3.26. The summed E-state index contributed by atoms with van der Waals surface area (Å²) < 4.78 is 5.39. The summed E-state index contributed by atoms with van der Waals surface area (Å²) in [6, 6.07) is 6.04. The van der Waals surface area contributed by atoms with Crippen molar-refractivity contribution in [1.29, 1.82) is 0 Å². The van der Waals surface area contributed by atoms with Gasteiger partial charge in [-0.1, -0.05) is 0 Å². The van der Waals surface area contributed by atoms with Crippen LogP contribution < -0.4 is 0 Å². The molecule has 1 fully saturated rings. The maximum absolute atomic E-state index is 12.6. The number of ether oxygens (including phenoxy) is 1. The zero-order valence-corrected chi connectivity index (χ0v) is 12.2. The molecule has 2 aromatic rings. The molecule has 0 saturated carbocycles. The van der Waals surface area contributed by atoms with Crippen molar-refractivity contribution in [2.24, 2.45) is 0 Å². The molecule has 1 N–H and O–H groups in total. The highest BCUT2D eigenvalue weighted by atomic mass is 16.5. The van der Waals surface area contributed by atoms with E-state index < -0.39 is 0 Å². The number of hydrogen-bond acceptors (Lipinski definition) is 2. The molecule has 1 atom stereocenters. The predicted octanol–water partition coefficient (Wildman–Crippen LogP) is 2.65. The normalized spacial score (nSPS) is 19.6. The lowest BCUT2D eigenvalue weighted by atomic mass is 10.1. The molecule has 4 heteroatoms. The average Bonchev–Trinajstić information content (AvgIpc) is 2.74. The first-order valence-corrected chi connectivity index (χ1v) is 7.05. The largest absolute Gasteiger partial charge is 0.377 e. The average molecular weight is 272 g/mol. The zero-order chi connectivity index (χ0) is 14.3. The van der Waals surface area contributed by atoms with E-state index in [-0.39, 0.29) is 11.9 Å². The smallest absolute Gasteiger partial charge is 0.254 e. The Morgan fingerprint density at radius 3 is 2.95 bits per heavy atom. The first kappa shape index (κ1) is 13.2. The van der Waals surface area contributed by atoms with Crippen molar-refractivity contribution in [2.75, 3.05) is 19.8 Å². The molecule has 0 bridgehead atoms. The summed E-state index contributed by atoms with van der Waals surface area (Å²) in [6.45, 7) is 8.09. The van der Waals surface area contributed by atoms with Crippen molar-refractivity contribution >= 4 is 16.8 Å². The number of carbonyl (C=O) groups excluding carboxylic acids is 1. The van der Waals surface area contributed by atoms with E-state index in [2.05, 4.69) is 18.8 Å². The number of carbonyl (C=O) groups is 1. The first-order chi connectivity index (χ1) is 9.58. The summed E-state index contributed by atoms with van der Waals surface area (Å²) in [4.78, 5) is 17.9. The number of amides is 1. The second-order valence-electron chi connectivity index (χ2n) is 5.56. The number of H-pyrrole nitrogens is 1. The Balaban J connectivity index is 1.97. The summed E-state index contributed by atoms with van der Waals surface area (Å²) in [5.74, 6) is 0.0981. The van der Waals surface area contributed by atoms with Gasteiger partial charge in [-0.25, -0.2) is 0 Å². The molecule has 0 radical (unpaired) electrons. The maximum Gasteiger partial charge on any atom is 0.254 e. The summed E-state index contributed by atoms with van der Waals surface area (Å²) in [5.41, 5.74) is 4.22. The van der Waals surface area contributed by atoms with Crippen LogP contribution in [0.1, 0.15) is 28.5 Å². The van der Waals surface area contributed by atoms with E-state index in [0.717, 1.165) is 22.2 Å². The molecule has 3 rings (SSSR count). The number of rotatable bonds is 1. The van der Waals surface area contributed by atoms with E-state index >= 15 is 0 Å². The summed E-state index contributed by atoms with van der Waals surface area (Å²) in [5, 5.41) is 1.13. The molecule has 106 valence electrons. The predicted molar refractivity (Wildman–Crippen MR) is 79.1 cm³/mol. The summed E-state index contributed by atoms with van der Waals surface area (Å²) in [6.07, 6.45) is 0. The van der Waals surface area contributed by atoms with Crippen LogP contribution in [-0.2, 0) is 4.74 Å². The number of fused-ring (bicyclic) bond motifs is 1. The third kappa shape index (κ3) is 2.10. The molecule has 20 heavy (non-hydrogen) atoms. The highest BCUT2D eigenvalue weighted by Gasteiger charge is 2.25. The van der Waals surface area contributed by atoms with Crippen molar-refractivity contribution in [3.63, 3.8) is 0 Å². The van der Waals surface area contributed by atoms with E-state index in [1.165, 1.54) is 5.56 Å². The number of aromatic amines is 1. The maximum atomic E-state index is 12.6. The highest BCUT2D eigenvalue weighted by molar-refractivity contribution is 5.99. The van der Waals surface area contributed by atoms with Gasteiger partial charge < -0.3 is 14.6 Å². The number of aromatic nitrogens is 1. The van der Waals surface area contributed by atoms with Crippen molar-refractivity contribution < 1.29 is 9.53 Å². The van der Waals surface area contributed by atoms with Gasteiger partial charge in [0.25, 0.3) is 5.91 Å². The van der Waals surface area contributed by atoms with E-state index in [9.17, 15) is 4.79 Å². The molecule has 1 amide bonds. The first-order valence-electron chi connectivity index (χ1n) is 7.05. The Labute approximate surface area is 118 Å². The topological polar surface area (TPSA) is 45.3 Å². The lowest BCUT2D eigenvalue weighted by Crippen LogP contribution is -2.47. The van der Waals surface area contributed by atoms with Crippen LogP contribution >= 0.6 is 0 Å². The molecule has 1 aliphatic rings. The number of hydrogen-bond donors (Lipinski definition) is 1. The summed E-state index contributed by atoms with van der Waals surface area (Å²) >= 11 is 0. The van der Waals surface area contributed by atoms with E-state index in [4.69, 9.17) is 4.74 Å². The lowest BCUT2D eigenvalue weighted by Gasteiger charge is -2.33. The third-order valence-electron chi connectivity index (χ3n) is 4.18. The molecule has 1 saturated heterocycles. The van der Waals surface area contributed by atoms with Gasteiger partial charge in [-0.15, -0.1) is 0 Å². The van der Waals surface area contributed by atoms with Gasteiger partial charge in [0.15, 0.2) is 0 Å². The molecular weight excluding hydrogens is 252 g/mol. The van der Waals surface area contributed by atoms with Gasteiger partial charge in [0.2, 0.25) is 0 Å². The van der Waals surface area contributed by atoms with Crippen molar-refractivity contribution in [1.82, 2.24) is 9.88 Å². The van der Waals surface area contributed by atoms with Crippen LogP contribution in [0.4, 0.5) is 0 Å². The molecular formula is C16H20N2O2. The van der Waals surface area contributed by atoms with Crippen LogP contribution in [0.5, 0.6) is 0 Å². The number of benzene rings is 1. The Morgan fingerprint density at radius 1 is 1.40 bits per heavy atom. The summed E-state index contributed by atoms with van der Waals surface area (Å²) in [7, 11) is 0. The lowest BCUT2D eigenvalue weighted by molar-refractivity contribution is 0.00360. The fourth-order valence-electron chi connectivity index (χ4n) is 2.79. The van der Waals surface area contributed by atoms with Crippen molar-refractivity contribution in [2.45, 2.75) is 26.8 Å². The fourth-order valence-corrected chi connectivity index (χ4v) is 2.79. The molecule has 1 aromatic heterocycles.